The Morgan fingerprint density at radius 1 is 0.719 bits per heavy atom. The van der Waals surface area contributed by atoms with E-state index in [1.807, 2.05) is 65.8 Å². The summed E-state index contributed by atoms with van der Waals surface area (Å²) in [6.45, 7) is 11.7. The van der Waals surface area contributed by atoms with Gasteiger partial charge in [-0.05, 0) is 104 Å². The van der Waals surface area contributed by atoms with Crippen LogP contribution < -0.4 is 5.26 Å². The standard InChI is InChI=1S/C24H26O6S2/c1-13-7-19(8-14(2)17(13)5)21-12-24(32(26,27)28)22(11-23(21)31-30-29-25)20-9-15(3)18(6)16(4)10-20/h7-12,25H,1-6H3,(H,26,27,28)/p-2. The molecule has 0 N–H and O–H groups in total. The van der Waals surface area contributed by atoms with Crippen molar-refractivity contribution >= 4 is 22.2 Å². The summed E-state index contributed by atoms with van der Waals surface area (Å²) >= 11 is 0.666. The number of benzene rings is 3. The monoisotopic (exact) mass is 472 g/mol. The van der Waals surface area contributed by atoms with Gasteiger partial charge in [0.05, 0.1) is 16.9 Å². The minimum absolute atomic E-state index is 0.243. The zero-order chi connectivity index (χ0) is 23.8. The van der Waals surface area contributed by atoms with Crippen molar-refractivity contribution in [2.75, 3.05) is 0 Å². The van der Waals surface area contributed by atoms with E-state index in [2.05, 4.69) is 9.37 Å². The first-order chi connectivity index (χ1) is 14.9. The van der Waals surface area contributed by atoms with E-state index in [-0.39, 0.29) is 10.5 Å². The van der Waals surface area contributed by atoms with Crippen molar-refractivity contribution in [1.82, 2.24) is 0 Å². The molecule has 0 unspecified atom stereocenters. The molecule has 0 bridgehead atoms. The first-order valence-electron chi connectivity index (χ1n) is 9.87. The molecule has 32 heavy (non-hydrogen) atoms. The predicted octanol–water partition coefficient (Wildman–Crippen LogP) is 5.01. The minimum atomic E-state index is -4.81. The molecule has 0 saturated heterocycles. The molecule has 0 heterocycles. The lowest BCUT2D eigenvalue weighted by atomic mass is 9.93. The maximum absolute atomic E-state index is 12.3. The zero-order valence-electron chi connectivity index (χ0n) is 18.7. The maximum Gasteiger partial charge on any atom is 0.125 e. The SMILES string of the molecule is Cc1cc(-c2cc(S(=O)(=O)[O-])c(-c3cc(C)c(C)c(C)c3)cc2SOO[O-])cc(C)c1C. The summed E-state index contributed by atoms with van der Waals surface area (Å²) in [5, 5.41) is 14.1. The van der Waals surface area contributed by atoms with Crippen LogP contribution in [-0.4, -0.2) is 13.0 Å². The van der Waals surface area contributed by atoms with Crippen molar-refractivity contribution in [2.24, 2.45) is 0 Å². The van der Waals surface area contributed by atoms with Crippen LogP contribution in [0.5, 0.6) is 0 Å². The molecule has 0 radical (unpaired) electrons. The van der Waals surface area contributed by atoms with Gasteiger partial charge in [-0.15, -0.1) is 0 Å². The second kappa shape index (κ2) is 9.35. The van der Waals surface area contributed by atoms with Crippen LogP contribution in [-0.2, 0) is 19.5 Å². The summed E-state index contributed by atoms with van der Waals surface area (Å²) in [7, 11) is -4.81. The molecule has 170 valence electrons. The van der Waals surface area contributed by atoms with Gasteiger partial charge in [-0.2, -0.15) is 4.33 Å². The van der Waals surface area contributed by atoms with Crippen molar-refractivity contribution in [3.8, 4) is 22.3 Å². The Kier molecular flexibility index (Phi) is 7.14. The Morgan fingerprint density at radius 2 is 1.16 bits per heavy atom. The third-order valence-corrected chi connectivity index (χ3v) is 7.50. The molecule has 3 aromatic carbocycles. The summed E-state index contributed by atoms with van der Waals surface area (Å²) < 4.78 is 41.5. The highest BCUT2D eigenvalue weighted by Gasteiger charge is 2.19. The molecule has 0 aliphatic heterocycles. The fraction of sp³-hybridized carbons (Fsp3) is 0.250. The summed E-state index contributed by atoms with van der Waals surface area (Å²) in [5.74, 6) is 0. The second-order valence-electron chi connectivity index (χ2n) is 7.99. The first kappa shape index (κ1) is 24.4. The van der Waals surface area contributed by atoms with Gasteiger partial charge < -0.3 is 9.81 Å². The van der Waals surface area contributed by atoms with E-state index in [9.17, 15) is 18.2 Å². The number of hydrogen-bond donors (Lipinski definition) is 0. The molecule has 6 nitrogen and oxygen atoms in total. The molecule has 3 rings (SSSR count). The van der Waals surface area contributed by atoms with Gasteiger partial charge in [0.15, 0.2) is 0 Å². The third-order valence-electron chi connectivity index (χ3n) is 5.98. The summed E-state index contributed by atoms with van der Waals surface area (Å²) in [6.07, 6.45) is 0. The largest absolute Gasteiger partial charge is 0.744 e. The van der Waals surface area contributed by atoms with E-state index in [4.69, 9.17) is 0 Å². The average molecular weight is 473 g/mol. The Bertz CT molecular complexity index is 1250. The van der Waals surface area contributed by atoms with Gasteiger partial charge in [0.25, 0.3) is 0 Å². The van der Waals surface area contributed by atoms with Crippen molar-refractivity contribution in [3.63, 3.8) is 0 Å². The zero-order valence-corrected chi connectivity index (χ0v) is 20.4. The molecule has 0 aromatic heterocycles. The van der Waals surface area contributed by atoms with Crippen LogP contribution in [0.3, 0.4) is 0 Å². The van der Waals surface area contributed by atoms with Gasteiger partial charge in [-0.1, -0.05) is 24.3 Å². The van der Waals surface area contributed by atoms with E-state index in [0.29, 0.717) is 33.6 Å². The van der Waals surface area contributed by atoms with Crippen LogP contribution in [0, 0.1) is 41.5 Å². The van der Waals surface area contributed by atoms with Gasteiger partial charge in [-0.3, -0.25) is 5.04 Å². The molecule has 0 saturated carbocycles. The molecule has 0 spiro atoms. The van der Waals surface area contributed by atoms with E-state index in [1.165, 1.54) is 6.07 Å². The number of aryl methyl sites for hydroxylation is 4. The van der Waals surface area contributed by atoms with Crippen molar-refractivity contribution in [2.45, 2.75) is 51.3 Å². The fourth-order valence-electron chi connectivity index (χ4n) is 3.72. The average Bonchev–Trinajstić information content (AvgIpc) is 2.72. The van der Waals surface area contributed by atoms with Gasteiger partial charge in [0.2, 0.25) is 0 Å². The lowest BCUT2D eigenvalue weighted by Crippen LogP contribution is -2.05. The molecule has 0 aliphatic rings. The third kappa shape index (κ3) is 4.91. The van der Waals surface area contributed by atoms with Crippen molar-refractivity contribution < 1.29 is 27.6 Å². The summed E-state index contributed by atoms with van der Waals surface area (Å²) in [5.41, 5.74) is 8.15. The quantitative estimate of drug-likeness (QED) is 0.215. The number of hydrogen-bond acceptors (Lipinski definition) is 7. The van der Waals surface area contributed by atoms with E-state index in [0.717, 1.165) is 33.4 Å². The molecule has 0 atom stereocenters. The second-order valence-corrected chi connectivity index (χ2v) is 10.1. The van der Waals surface area contributed by atoms with Crippen LogP contribution in [0.4, 0.5) is 0 Å². The minimum Gasteiger partial charge on any atom is -0.744 e. The number of rotatable bonds is 6. The lowest BCUT2D eigenvalue weighted by molar-refractivity contribution is -0.777. The lowest BCUT2D eigenvalue weighted by Gasteiger charge is -2.20. The molecular weight excluding hydrogens is 448 g/mol. The van der Waals surface area contributed by atoms with Crippen LogP contribution in [0.2, 0.25) is 0 Å². The van der Waals surface area contributed by atoms with Gasteiger partial charge in [0.1, 0.15) is 10.1 Å². The Balaban J connectivity index is 2.38. The van der Waals surface area contributed by atoms with Crippen LogP contribution >= 0.6 is 12.0 Å². The molecule has 3 aromatic rings. The van der Waals surface area contributed by atoms with E-state index < -0.39 is 10.1 Å². The molecule has 0 amide bonds. The molecule has 8 heteroatoms. The summed E-state index contributed by atoms with van der Waals surface area (Å²) in [6, 6.07) is 10.4. The predicted molar refractivity (Wildman–Crippen MR) is 122 cm³/mol. The fourth-order valence-corrected chi connectivity index (χ4v) is 4.96. The highest BCUT2D eigenvalue weighted by molar-refractivity contribution is 7.94. The smallest absolute Gasteiger partial charge is 0.125 e. The Labute approximate surface area is 193 Å². The Morgan fingerprint density at radius 3 is 1.56 bits per heavy atom. The topological polar surface area (TPSA) is 98.7 Å². The van der Waals surface area contributed by atoms with Gasteiger partial charge in [-0.25, -0.2) is 8.42 Å². The van der Waals surface area contributed by atoms with Gasteiger partial charge >= 0.3 is 0 Å². The van der Waals surface area contributed by atoms with Crippen molar-refractivity contribution in [3.05, 3.63) is 69.8 Å². The van der Waals surface area contributed by atoms with Crippen LogP contribution in [0.1, 0.15) is 33.4 Å². The van der Waals surface area contributed by atoms with E-state index in [1.54, 1.807) is 6.07 Å². The first-order valence-corrected chi connectivity index (χ1v) is 12.0. The van der Waals surface area contributed by atoms with Crippen LogP contribution in [0.25, 0.3) is 22.3 Å². The van der Waals surface area contributed by atoms with Crippen LogP contribution in [0.15, 0.2) is 46.2 Å². The highest BCUT2D eigenvalue weighted by atomic mass is 32.2. The molecule has 0 aliphatic carbocycles. The Hall–Kier alpha value is -2.20. The highest BCUT2D eigenvalue weighted by Crippen LogP contribution is 2.41. The van der Waals surface area contributed by atoms with E-state index >= 15 is 0 Å². The maximum atomic E-state index is 12.3. The normalized spacial score (nSPS) is 11.8. The molecule has 0 fully saturated rings. The van der Waals surface area contributed by atoms with Gasteiger partial charge in [0, 0.05) is 10.5 Å². The van der Waals surface area contributed by atoms with Crippen molar-refractivity contribution in [1.29, 1.82) is 0 Å². The molecular formula is C24H24O6S2-2. The summed E-state index contributed by atoms with van der Waals surface area (Å²) in [4.78, 5) is 0.111.